The monoisotopic (exact) mass is 453 g/mol. The number of nitrogens with one attached hydrogen (secondary N) is 4. The standard InChI is InChI=1S/C20H14F3N9O/c1-9-25-19(32-29-9)28-14-8-13(10-4-6-24-7-5-10)26-17(27-14)11-2-3-12-15(18(33)31-30-12)16(11)20(21,22)23/h2-8H,1H3,(H2,30,31,33)(H2,25,26,27,28,29,32). The average Bonchev–Trinajstić information content (AvgIpc) is 3.38. The van der Waals surface area contributed by atoms with E-state index in [0.29, 0.717) is 17.1 Å². The molecule has 1 aromatic carbocycles. The van der Waals surface area contributed by atoms with E-state index in [1.54, 1.807) is 25.1 Å². The van der Waals surface area contributed by atoms with Gasteiger partial charge in [0.1, 0.15) is 11.6 Å². The van der Waals surface area contributed by atoms with Crippen molar-refractivity contribution in [1.82, 2.24) is 40.3 Å². The Kier molecular flexibility index (Phi) is 4.65. The molecule has 5 rings (SSSR count). The number of aromatic nitrogens is 8. The summed E-state index contributed by atoms with van der Waals surface area (Å²) in [5.74, 6) is 0.667. The average molecular weight is 453 g/mol. The van der Waals surface area contributed by atoms with Crippen LogP contribution in [0.5, 0.6) is 0 Å². The first-order valence-corrected chi connectivity index (χ1v) is 9.56. The largest absolute Gasteiger partial charge is 0.417 e. The van der Waals surface area contributed by atoms with E-state index < -0.39 is 22.7 Å². The van der Waals surface area contributed by atoms with Crippen LogP contribution in [0.25, 0.3) is 33.5 Å². The maximum atomic E-state index is 14.1. The van der Waals surface area contributed by atoms with E-state index in [0.717, 1.165) is 0 Å². The van der Waals surface area contributed by atoms with Crippen molar-refractivity contribution in [3.8, 4) is 22.6 Å². The van der Waals surface area contributed by atoms with Crippen LogP contribution in [0.3, 0.4) is 0 Å². The lowest BCUT2D eigenvalue weighted by Crippen LogP contribution is -2.13. The molecule has 5 aromatic rings. The minimum Gasteiger partial charge on any atom is -0.307 e. The molecule has 4 heterocycles. The molecule has 166 valence electrons. The fourth-order valence-electron chi connectivity index (χ4n) is 3.43. The molecular weight excluding hydrogens is 439 g/mol. The summed E-state index contributed by atoms with van der Waals surface area (Å²) >= 11 is 0. The summed E-state index contributed by atoms with van der Waals surface area (Å²) in [6.45, 7) is 1.70. The number of benzene rings is 1. The molecule has 4 aromatic heterocycles. The molecule has 0 aliphatic heterocycles. The summed E-state index contributed by atoms with van der Waals surface area (Å²) < 4.78 is 42.4. The number of rotatable bonds is 4. The Hall–Kier alpha value is -4.55. The van der Waals surface area contributed by atoms with Gasteiger partial charge in [-0.25, -0.2) is 9.97 Å². The van der Waals surface area contributed by atoms with Gasteiger partial charge in [-0.1, -0.05) is 0 Å². The van der Waals surface area contributed by atoms with Crippen LogP contribution in [0, 0.1) is 6.92 Å². The van der Waals surface area contributed by atoms with Gasteiger partial charge < -0.3 is 5.32 Å². The van der Waals surface area contributed by atoms with Crippen molar-refractivity contribution in [3.63, 3.8) is 0 Å². The van der Waals surface area contributed by atoms with Gasteiger partial charge in [0.25, 0.3) is 5.56 Å². The summed E-state index contributed by atoms with van der Waals surface area (Å²) in [5, 5.41) is 13.6. The van der Waals surface area contributed by atoms with Crippen molar-refractivity contribution in [1.29, 1.82) is 0 Å². The highest BCUT2D eigenvalue weighted by molar-refractivity contribution is 5.89. The van der Waals surface area contributed by atoms with E-state index >= 15 is 0 Å². The summed E-state index contributed by atoms with van der Waals surface area (Å²) in [7, 11) is 0. The second-order valence-corrected chi connectivity index (χ2v) is 7.05. The summed E-state index contributed by atoms with van der Waals surface area (Å²) in [5.41, 5.74) is -1.39. The zero-order valence-corrected chi connectivity index (χ0v) is 16.8. The molecule has 0 spiro atoms. The van der Waals surface area contributed by atoms with Crippen LogP contribution in [0.2, 0.25) is 0 Å². The van der Waals surface area contributed by atoms with Crippen molar-refractivity contribution in [2.75, 3.05) is 5.32 Å². The van der Waals surface area contributed by atoms with Gasteiger partial charge in [-0.2, -0.15) is 18.2 Å². The molecule has 0 radical (unpaired) electrons. The molecule has 0 aliphatic rings. The van der Waals surface area contributed by atoms with Crippen LogP contribution >= 0.6 is 0 Å². The van der Waals surface area contributed by atoms with Gasteiger partial charge in [-0.3, -0.25) is 25.1 Å². The number of nitrogens with zero attached hydrogens (tertiary/aromatic N) is 5. The topological polar surface area (TPSA) is 141 Å². The molecule has 33 heavy (non-hydrogen) atoms. The van der Waals surface area contributed by atoms with Crippen LogP contribution in [0.1, 0.15) is 11.4 Å². The number of hydrogen-bond acceptors (Lipinski definition) is 7. The van der Waals surface area contributed by atoms with E-state index in [-0.39, 0.29) is 28.7 Å². The Morgan fingerprint density at radius 3 is 2.48 bits per heavy atom. The second-order valence-electron chi connectivity index (χ2n) is 7.05. The number of pyridine rings is 1. The maximum absolute atomic E-state index is 14.1. The number of H-pyrrole nitrogens is 3. The fraction of sp³-hybridized carbons (Fsp3) is 0.100. The first-order valence-electron chi connectivity index (χ1n) is 9.56. The van der Waals surface area contributed by atoms with Gasteiger partial charge in [-0.15, -0.1) is 5.10 Å². The highest BCUT2D eigenvalue weighted by Crippen LogP contribution is 2.40. The molecule has 0 bridgehead atoms. The lowest BCUT2D eigenvalue weighted by Gasteiger charge is -2.14. The number of hydrogen-bond donors (Lipinski definition) is 4. The van der Waals surface area contributed by atoms with Crippen LogP contribution in [-0.4, -0.2) is 40.3 Å². The van der Waals surface area contributed by atoms with Crippen molar-refractivity contribution >= 4 is 22.7 Å². The molecular formula is C20H14F3N9O. The smallest absolute Gasteiger partial charge is 0.307 e. The number of halogens is 3. The Labute approximate surface area is 182 Å². The van der Waals surface area contributed by atoms with Gasteiger partial charge in [0.05, 0.1) is 22.2 Å². The number of fused-ring (bicyclic) bond motifs is 1. The molecule has 0 atom stereocenters. The van der Waals surface area contributed by atoms with Gasteiger partial charge in [0.15, 0.2) is 5.82 Å². The zero-order valence-electron chi connectivity index (χ0n) is 16.8. The molecule has 0 unspecified atom stereocenters. The second kappa shape index (κ2) is 7.55. The summed E-state index contributed by atoms with van der Waals surface area (Å²) in [4.78, 5) is 28.9. The molecule has 13 heteroatoms. The normalized spacial score (nSPS) is 11.8. The summed E-state index contributed by atoms with van der Waals surface area (Å²) in [6.07, 6.45) is -1.76. The number of anilines is 2. The number of aromatic amines is 3. The van der Waals surface area contributed by atoms with Gasteiger partial charge in [0.2, 0.25) is 5.95 Å². The number of alkyl halides is 3. The predicted molar refractivity (Wildman–Crippen MR) is 113 cm³/mol. The SMILES string of the molecule is Cc1nc(Nc2cc(-c3ccncc3)nc(-c3ccc4[nH][nH]c(=O)c4c3C(F)(F)F)n2)n[nH]1. The molecule has 0 saturated carbocycles. The Bertz CT molecular complexity index is 1520. The Morgan fingerprint density at radius 1 is 1.00 bits per heavy atom. The van der Waals surface area contributed by atoms with Crippen LogP contribution in [0.4, 0.5) is 24.9 Å². The highest BCUT2D eigenvalue weighted by atomic mass is 19.4. The highest BCUT2D eigenvalue weighted by Gasteiger charge is 2.38. The van der Waals surface area contributed by atoms with Crippen molar-refractivity contribution in [2.24, 2.45) is 0 Å². The lowest BCUT2D eigenvalue weighted by molar-refractivity contribution is -0.135. The molecule has 0 saturated heterocycles. The summed E-state index contributed by atoms with van der Waals surface area (Å²) in [6, 6.07) is 7.47. The minimum absolute atomic E-state index is 0.0240. The van der Waals surface area contributed by atoms with Crippen molar-refractivity contribution in [2.45, 2.75) is 13.1 Å². The molecule has 0 fully saturated rings. The lowest BCUT2D eigenvalue weighted by atomic mass is 10.0. The molecule has 10 nitrogen and oxygen atoms in total. The molecule has 0 aliphatic carbocycles. The third kappa shape index (κ3) is 3.79. The Balaban J connectivity index is 1.76. The van der Waals surface area contributed by atoms with E-state index in [9.17, 15) is 18.0 Å². The van der Waals surface area contributed by atoms with Gasteiger partial charge in [0, 0.05) is 29.6 Å². The Morgan fingerprint density at radius 2 is 1.79 bits per heavy atom. The molecule has 0 amide bonds. The van der Waals surface area contributed by atoms with Crippen molar-refractivity contribution in [3.05, 3.63) is 64.5 Å². The molecule has 4 N–H and O–H groups in total. The fourth-order valence-corrected chi connectivity index (χ4v) is 3.43. The van der Waals surface area contributed by atoms with E-state index in [1.165, 1.54) is 24.5 Å². The quantitative estimate of drug-likeness (QED) is 0.326. The maximum Gasteiger partial charge on any atom is 0.417 e. The number of aryl methyl sites for hydroxylation is 1. The predicted octanol–water partition coefficient (Wildman–Crippen LogP) is 3.56. The third-order valence-corrected chi connectivity index (χ3v) is 4.81. The van der Waals surface area contributed by atoms with E-state index in [1.807, 2.05) is 0 Å². The van der Waals surface area contributed by atoms with Crippen LogP contribution in [-0.2, 0) is 6.18 Å². The first kappa shape index (κ1) is 20.4. The van der Waals surface area contributed by atoms with Crippen LogP contribution < -0.4 is 10.9 Å². The minimum atomic E-state index is -4.84. The van der Waals surface area contributed by atoms with Gasteiger partial charge in [-0.05, 0) is 31.2 Å². The third-order valence-electron chi connectivity index (χ3n) is 4.81. The van der Waals surface area contributed by atoms with E-state index in [4.69, 9.17) is 0 Å². The van der Waals surface area contributed by atoms with Crippen molar-refractivity contribution < 1.29 is 13.2 Å². The van der Waals surface area contributed by atoms with E-state index in [2.05, 4.69) is 45.6 Å². The zero-order chi connectivity index (χ0) is 23.2. The van der Waals surface area contributed by atoms with Gasteiger partial charge >= 0.3 is 6.18 Å². The van der Waals surface area contributed by atoms with Crippen LogP contribution in [0.15, 0.2) is 47.5 Å². The first-order chi connectivity index (χ1) is 15.8.